The molecule has 0 saturated carbocycles. The van der Waals surface area contributed by atoms with Crippen molar-refractivity contribution in [1.82, 2.24) is 5.32 Å². The normalized spacial score (nSPS) is 15.2. The molecule has 0 aliphatic heterocycles. The number of ether oxygens (including phenoxy) is 2. The van der Waals surface area contributed by atoms with Crippen LogP contribution < -0.4 is 11.1 Å². The van der Waals surface area contributed by atoms with Gasteiger partial charge in [0.1, 0.15) is 17.2 Å². The smallest absolute Gasteiger partial charge is 0.408 e. The number of carbonyl (C=O) groups is 2. The number of hydrogen-bond acceptors (Lipinski definition) is 5. The van der Waals surface area contributed by atoms with E-state index >= 15 is 0 Å². The number of carbonyl (C=O) groups excluding carboxylic acids is 2. The lowest BCUT2D eigenvalue weighted by Gasteiger charge is -2.26. The molecule has 0 aliphatic carbocycles. The molecule has 0 bridgehead atoms. The number of amides is 1. The zero-order valence-corrected chi connectivity index (χ0v) is 13.6. The van der Waals surface area contributed by atoms with Crippen molar-refractivity contribution in [3.63, 3.8) is 0 Å². The van der Waals surface area contributed by atoms with Crippen LogP contribution in [0.25, 0.3) is 0 Å². The zero-order chi connectivity index (χ0) is 16.1. The van der Waals surface area contributed by atoms with E-state index in [1.165, 1.54) is 0 Å². The molecule has 0 rings (SSSR count). The second-order valence-corrected chi connectivity index (χ2v) is 6.95. The lowest BCUT2D eigenvalue weighted by molar-refractivity contribution is -0.157. The summed E-state index contributed by atoms with van der Waals surface area (Å²) in [5, 5.41) is 2.51. The second-order valence-electron chi connectivity index (χ2n) is 6.95. The number of esters is 1. The van der Waals surface area contributed by atoms with E-state index < -0.39 is 29.3 Å². The van der Waals surface area contributed by atoms with Crippen molar-refractivity contribution >= 4 is 12.1 Å². The molecule has 0 fully saturated rings. The minimum absolute atomic E-state index is 0.248. The molecule has 0 aromatic heterocycles. The summed E-state index contributed by atoms with van der Waals surface area (Å²) in [4.78, 5) is 23.8. The number of rotatable bonds is 4. The fourth-order valence-corrected chi connectivity index (χ4v) is 1.41. The highest BCUT2D eigenvalue weighted by atomic mass is 16.6. The Morgan fingerprint density at radius 1 is 1.05 bits per heavy atom. The molecule has 2 atom stereocenters. The first-order chi connectivity index (χ1) is 8.80. The summed E-state index contributed by atoms with van der Waals surface area (Å²) >= 11 is 0. The summed E-state index contributed by atoms with van der Waals surface area (Å²) in [6.07, 6.45) is -0.372. The van der Waals surface area contributed by atoms with Gasteiger partial charge in [-0.25, -0.2) is 9.59 Å². The first-order valence-electron chi connectivity index (χ1n) is 6.78. The van der Waals surface area contributed by atoms with Gasteiger partial charge >= 0.3 is 12.1 Å². The maximum atomic E-state index is 12.0. The van der Waals surface area contributed by atoms with E-state index in [0.717, 1.165) is 0 Å². The fourth-order valence-electron chi connectivity index (χ4n) is 1.41. The van der Waals surface area contributed by atoms with Gasteiger partial charge in [0.15, 0.2) is 0 Å². The highest BCUT2D eigenvalue weighted by molar-refractivity contribution is 5.81. The molecule has 0 aliphatic rings. The molecule has 118 valence electrons. The van der Waals surface area contributed by atoms with E-state index in [4.69, 9.17) is 15.2 Å². The Hall–Kier alpha value is -1.30. The summed E-state index contributed by atoms with van der Waals surface area (Å²) in [5.74, 6) is -0.513. The standard InChI is InChI=1S/C14H28N2O4/c1-9(15)8-10(11(17)19-13(2,3)4)16-12(18)20-14(5,6)7/h9-10H,8,15H2,1-7H3,(H,16,18). The van der Waals surface area contributed by atoms with Gasteiger partial charge in [-0.2, -0.15) is 0 Å². The maximum Gasteiger partial charge on any atom is 0.408 e. The molecule has 6 heteroatoms. The first kappa shape index (κ1) is 18.7. The third-order valence-corrected chi connectivity index (χ3v) is 1.99. The maximum absolute atomic E-state index is 12.0. The minimum Gasteiger partial charge on any atom is -0.458 e. The summed E-state index contributed by atoms with van der Waals surface area (Å²) in [6.45, 7) is 12.3. The molecule has 6 nitrogen and oxygen atoms in total. The molecular weight excluding hydrogens is 260 g/mol. The lowest BCUT2D eigenvalue weighted by Crippen LogP contribution is -2.48. The minimum atomic E-state index is -0.816. The Kier molecular flexibility index (Phi) is 6.47. The third kappa shape index (κ3) is 9.61. The summed E-state index contributed by atoms with van der Waals surface area (Å²) in [6, 6.07) is -1.06. The number of nitrogens with two attached hydrogens (primary N) is 1. The van der Waals surface area contributed by atoms with E-state index in [-0.39, 0.29) is 12.5 Å². The Bertz CT molecular complexity index is 340. The van der Waals surface area contributed by atoms with Crippen molar-refractivity contribution in [3.8, 4) is 0 Å². The van der Waals surface area contributed by atoms with Crippen LogP contribution in [0.4, 0.5) is 4.79 Å². The Balaban J connectivity index is 4.73. The van der Waals surface area contributed by atoms with Gasteiger partial charge in [0.05, 0.1) is 0 Å². The van der Waals surface area contributed by atoms with Crippen LogP contribution in [-0.4, -0.2) is 35.3 Å². The summed E-state index contributed by atoms with van der Waals surface area (Å²) < 4.78 is 10.4. The Morgan fingerprint density at radius 3 is 1.85 bits per heavy atom. The van der Waals surface area contributed by atoms with Gasteiger partial charge in [0.2, 0.25) is 0 Å². The van der Waals surface area contributed by atoms with E-state index in [9.17, 15) is 9.59 Å². The van der Waals surface area contributed by atoms with Gasteiger partial charge in [-0.05, 0) is 54.9 Å². The van der Waals surface area contributed by atoms with Crippen molar-refractivity contribution in [3.05, 3.63) is 0 Å². The van der Waals surface area contributed by atoms with Crippen LogP contribution in [0.2, 0.25) is 0 Å². The van der Waals surface area contributed by atoms with Crippen LogP contribution in [0.15, 0.2) is 0 Å². The van der Waals surface area contributed by atoms with Crippen LogP contribution in [0, 0.1) is 0 Å². The van der Waals surface area contributed by atoms with Crippen molar-refractivity contribution in [2.75, 3.05) is 0 Å². The van der Waals surface area contributed by atoms with Gasteiger partial charge in [-0.15, -0.1) is 0 Å². The quantitative estimate of drug-likeness (QED) is 0.772. The molecular formula is C14H28N2O4. The topological polar surface area (TPSA) is 90.6 Å². The SMILES string of the molecule is CC(N)CC(NC(=O)OC(C)(C)C)C(=O)OC(C)(C)C. The van der Waals surface area contributed by atoms with E-state index in [2.05, 4.69) is 5.32 Å². The van der Waals surface area contributed by atoms with E-state index in [1.54, 1.807) is 48.5 Å². The largest absolute Gasteiger partial charge is 0.458 e. The average molecular weight is 288 g/mol. The molecule has 1 amide bonds. The van der Waals surface area contributed by atoms with Crippen LogP contribution in [0.3, 0.4) is 0 Å². The summed E-state index contributed by atoms with van der Waals surface area (Å²) in [5.41, 5.74) is 4.45. The number of nitrogens with one attached hydrogen (secondary N) is 1. The Labute approximate surface area is 121 Å². The molecule has 0 radical (unpaired) electrons. The number of hydrogen-bond donors (Lipinski definition) is 2. The van der Waals surface area contributed by atoms with Crippen LogP contribution in [-0.2, 0) is 14.3 Å². The van der Waals surface area contributed by atoms with Gasteiger partial charge in [0.25, 0.3) is 0 Å². The lowest BCUT2D eigenvalue weighted by atomic mass is 10.1. The molecule has 20 heavy (non-hydrogen) atoms. The highest BCUT2D eigenvalue weighted by Gasteiger charge is 2.29. The van der Waals surface area contributed by atoms with Crippen LogP contribution in [0.5, 0.6) is 0 Å². The fraction of sp³-hybridized carbons (Fsp3) is 0.857. The predicted molar refractivity (Wildman–Crippen MR) is 77.3 cm³/mol. The monoisotopic (exact) mass is 288 g/mol. The molecule has 0 aromatic carbocycles. The van der Waals surface area contributed by atoms with Gasteiger partial charge < -0.3 is 20.5 Å². The van der Waals surface area contributed by atoms with Crippen molar-refractivity contribution in [2.45, 2.75) is 78.2 Å². The van der Waals surface area contributed by atoms with Gasteiger partial charge in [0, 0.05) is 6.04 Å². The Morgan fingerprint density at radius 2 is 1.50 bits per heavy atom. The predicted octanol–water partition coefficient (Wildman–Crippen LogP) is 1.96. The second kappa shape index (κ2) is 6.92. The zero-order valence-electron chi connectivity index (χ0n) is 13.6. The highest BCUT2D eigenvalue weighted by Crippen LogP contribution is 2.12. The van der Waals surface area contributed by atoms with Crippen molar-refractivity contribution in [2.24, 2.45) is 5.73 Å². The van der Waals surface area contributed by atoms with Crippen molar-refractivity contribution < 1.29 is 19.1 Å². The molecule has 3 N–H and O–H groups in total. The third-order valence-electron chi connectivity index (χ3n) is 1.99. The first-order valence-corrected chi connectivity index (χ1v) is 6.78. The van der Waals surface area contributed by atoms with E-state index in [1.807, 2.05) is 0 Å². The van der Waals surface area contributed by atoms with Crippen molar-refractivity contribution in [1.29, 1.82) is 0 Å². The molecule has 0 spiro atoms. The number of alkyl carbamates (subject to hydrolysis) is 1. The summed E-state index contributed by atoms with van der Waals surface area (Å²) in [7, 11) is 0. The molecule has 0 saturated heterocycles. The molecule has 2 unspecified atom stereocenters. The molecule has 0 aromatic rings. The molecule has 0 heterocycles. The van der Waals surface area contributed by atoms with Gasteiger partial charge in [-0.3, -0.25) is 0 Å². The van der Waals surface area contributed by atoms with Gasteiger partial charge in [-0.1, -0.05) is 0 Å². The average Bonchev–Trinajstić information content (AvgIpc) is 2.09. The van der Waals surface area contributed by atoms with E-state index in [0.29, 0.717) is 0 Å². The van der Waals surface area contributed by atoms with Crippen LogP contribution >= 0.6 is 0 Å². The van der Waals surface area contributed by atoms with Crippen LogP contribution in [0.1, 0.15) is 54.9 Å².